The normalized spacial score (nSPS) is 19.3. The van der Waals surface area contributed by atoms with Crippen molar-refractivity contribution >= 4 is 10.2 Å². The maximum absolute atomic E-state index is 13.2. The molecule has 9 heteroatoms. The van der Waals surface area contributed by atoms with Gasteiger partial charge in [-0.05, 0) is 49.1 Å². The first kappa shape index (κ1) is 23.2. The van der Waals surface area contributed by atoms with E-state index in [0.717, 1.165) is 11.6 Å². The van der Waals surface area contributed by atoms with Crippen molar-refractivity contribution < 1.29 is 21.6 Å². The Hall–Kier alpha value is -1.94. The van der Waals surface area contributed by atoms with Crippen LogP contribution in [0.25, 0.3) is 0 Å². The molecule has 0 aliphatic carbocycles. The molecule has 2 aliphatic rings. The van der Waals surface area contributed by atoms with E-state index in [0.29, 0.717) is 57.5 Å². The summed E-state index contributed by atoms with van der Waals surface area (Å²) in [5.41, 5.74) is 2.21. The molecule has 1 saturated heterocycles. The molecule has 0 atom stereocenters. The molecule has 0 radical (unpaired) electrons. The van der Waals surface area contributed by atoms with Gasteiger partial charge in [-0.25, -0.2) is 0 Å². The van der Waals surface area contributed by atoms with Crippen molar-refractivity contribution in [3.05, 3.63) is 70.8 Å². The smallest absolute Gasteiger partial charge is 0.299 e. The number of halogens is 3. The summed E-state index contributed by atoms with van der Waals surface area (Å²) in [4.78, 5) is 2.02. The first-order chi connectivity index (χ1) is 15.1. The fourth-order valence-corrected chi connectivity index (χ4v) is 6.23. The van der Waals surface area contributed by atoms with E-state index in [4.69, 9.17) is 0 Å². The van der Waals surface area contributed by atoms with Gasteiger partial charge in [0.2, 0.25) is 0 Å². The molecule has 0 aromatic heterocycles. The molecule has 2 heterocycles. The fourth-order valence-electron chi connectivity index (χ4n) is 4.61. The van der Waals surface area contributed by atoms with E-state index in [1.165, 1.54) is 17.7 Å². The highest BCUT2D eigenvalue weighted by atomic mass is 32.2. The summed E-state index contributed by atoms with van der Waals surface area (Å²) in [5, 5.41) is 0. The molecule has 0 unspecified atom stereocenters. The van der Waals surface area contributed by atoms with Crippen LogP contribution in [-0.4, -0.2) is 54.7 Å². The van der Waals surface area contributed by atoms with Gasteiger partial charge < -0.3 is 0 Å². The summed E-state index contributed by atoms with van der Waals surface area (Å²) in [6, 6.07) is 13.4. The van der Waals surface area contributed by atoms with E-state index in [2.05, 4.69) is 0 Å². The summed E-state index contributed by atoms with van der Waals surface area (Å²) in [7, 11) is -1.65. The molecule has 0 N–H and O–H groups in total. The predicted molar refractivity (Wildman–Crippen MR) is 117 cm³/mol. The maximum Gasteiger partial charge on any atom is 0.416 e. The standard InChI is InChI=1S/C23H28F3N3O2S/c1-27(16-18-5-4-8-21(15-18)23(24,25)26)22-10-13-28(14-11-22)32(30,31)29-12-9-19-6-2-3-7-20(19)17-29/h2-8,15,22H,9-14,16-17H2,1H3. The van der Waals surface area contributed by atoms with Gasteiger partial charge in [-0.15, -0.1) is 0 Å². The number of hydrogen-bond donors (Lipinski definition) is 0. The van der Waals surface area contributed by atoms with Gasteiger partial charge in [0.15, 0.2) is 0 Å². The first-order valence-corrected chi connectivity index (χ1v) is 12.2. The van der Waals surface area contributed by atoms with Crippen molar-refractivity contribution in [1.29, 1.82) is 0 Å². The second-order valence-electron chi connectivity index (χ2n) is 8.60. The van der Waals surface area contributed by atoms with Crippen molar-refractivity contribution in [2.24, 2.45) is 0 Å². The predicted octanol–water partition coefficient (Wildman–Crippen LogP) is 3.90. The van der Waals surface area contributed by atoms with Crippen molar-refractivity contribution in [1.82, 2.24) is 13.5 Å². The minimum atomic E-state index is -4.36. The number of rotatable bonds is 5. The molecule has 0 saturated carbocycles. The van der Waals surface area contributed by atoms with Crippen LogP contribution in [0.2, 0.25) is 0 Å². The molecule has 4 rings (SSSR count). The van der Waals surface area contributed by atoms with Gasteiger partial charge in [0.25, 0.3) is 10.2 Å². The summed E-state index contributed by atoms with van der Waals surface area (Å²) >= 11 is 0. The van der Waals surface area contributed by atoms with Crippen LogP contribution in [0.15, 0.2) is 48.5 Å². The van der Waals surface area contributed by atoms with Crippen LogP contribution < -0.4 is 0 Å². The Kier molecular flexibility index (Phi) is 6.63. The van der Waals surface area contributed by atoms with E-state index in [1.54, 1.807) is 14.7 Å². The molecular weight excluding hydrogens is 439 g/mol. The van der Waals surface area contributed by atoms with Crippen molar-refractivity contribution in [2.75, 3.05) is 26.7 Å². The third-order valence-corrected chi connectivity index (χ3v) is 8.46. The summed E-state index contributed by atoms with van der Waals surface area (Å²) in [6.45, 7) is 2.10. The third-order valence-electron chi connectivity index (χ3n) is 6.48. The van der Waals surface area contributed by atoms with Crippen LogP contribution in [0.5, 0.6) is 0 Å². The monoisotopic (exact) mass is 467 g/mol. The minimum Gasteiger partial charge on any atom is -0.299 e. The van der Waals surface area contributed by atoms with Gasteiger partial charge in [-0.2, -0.15) is 30.2 Å². The molecule has 2 aromatic carbocycles. The van der Waals surface area contributed by atoms with Gasteiger partial charge in [0, 0.05) is 38.8 Å². The van der Waals surface area contributed by atoms with E-state index in [9.17, 15) is 21.6 Å². The lowest BCUT2D eigenvalue weighted by Gasteiger charge is -2.39. The number of nitrogens with zero attached hydrogens (tertiary/aromatic N) is 3. The third kappa shape index (κ3) is 5.01. The van der Waals surface area contributed by atoms with E-state index in [1.807, 2.05) is 36.2 Å². The van der Waals surface area contributed by atoms with Crippen LogP contribution in [0.1, 0.15) is 35.1 Å². The van der Waals surface area contributed by atoms with Crippen molar-refractivity contribution in [3.63, 3.8) is 0 Å². The van der Waals surface area contributed by atoms with E-state index >= 15 is 0 Å². The average Bonchev–Trinajstić information content (AvgIpc) is 2.78. The van der Waals surface area contributed by atoms with Crippen molar-refractivity contribution in [2.45, 2.75) is 44.6 Å². The summed E-state index contributed by atoms with van der Waals surface area (Å²) < 4.78 is 68.4. The highest BCUT2D eigenvalue weighted by Crippen LogP contribution is 2.30. The highest BCUT2D eigenvalue weighted by Gasteiger charge is 2.35. The number of fused-ring (bicyclic) bond motifs is 1. The molecule has 174 valence electrons. The molecule has 2 aromatic rings. The molecule has 1 fully saturated rings. The van der Waals surface area contributed by atoms with Crippen LogP contribution in [0.3, 0.4) is 0 Å². The van der Waals surface area contributed by atoms with Crippen LogP contribution in [0, 0.1) is 0 Å². The van der Waals surface area contributed by atoms with Gasteiger partial charge in [-0.3, -0.25) is 4.90 Å². The average molecular weight is 468 g/mol. The SMILES string of the molecule is CN(Cc1cccc(C(F)(F)F)c1)C1CCN(S(=O)(=O)N2CCc3ccccc3C2)CC1. The summed E-state index contributed by atoms with van der Waals surface area (Å²) in [6.07, 6.45) is -2.34. The molecule has 0 bridgehead atoms. The van der Waals surface area contributed by atoms with Crippen LogP contribution in [-0.2, 0) is 35.9 Å². The lowest BCUT2D eigenvalue weighted by atomic mass is 10.0. The zero-order valence-electron chi connectivity index (χ0n) is 18.1. The van der Waals surface area contributed by atoms with Gasteiger partial charge in [0.1, 0.15) is 0 Å². The van der Waals surface area contributed by atoms with Crippen LogP contribution >= 0.6 is 0 Å². The number of alkyl halides is 3. The molecule has 0 amide bonds. The lowest BCUT2D eigenvalue weighted by molar-refractivity contribution is -0.137. The second kappa shape index (κ2) is 9.13. The van der Waals surface area contributed by atoms with Crippen LogP contribution in [0.4, 0.5) is 13.2 Å². The molecule has 2 aliphatic heterocycles. The Morgan fingerprint density at radius 2 is 1.66 bits per heavy atom. The Balaban J connectivity index is 1.35. The van der Waals surface area contributed by atoms with E-state index in [-0.39, 0.29) is 6.04 Å². The Morgan fingerprint density at radius 3 is 2.34 bits per heavy atom. The van der Waals surface area contributed by atoms with Gasteiger partial charge in [0.05, 0.1) is 5.56 Å². The Morgan fingerprint density at radius 1 is 0.969 bits per heavy atom. The van der Waals surface area contributed by atoms with E-state index < -0.39 is 21.9 Å². The quantitative estimate of drug-likeness (QED) is 0.670. The molecule has 5 nitrogen and oxygen atoms in total. The molecule has 0 spiro atoms. The fraction of sp³-hybridized carbons (Fsp3) is 0.478. The number of piperidine rings is 1. The lowest BCUT2D eigenvalue weighted by Crippen LogP contribution is -2.51. The maximum atomic E-state index is 13.2. The Labute approximate surface area is 187 Å². The summed E-state index contributed by atoms with van der Waals surface area (Å²) in [5.74, 6) is 0. The zero-order chi connectivity index (χ0) is 22.9. The first-order valence-electron chi connectivity index (χ1n) is 10.8. The number of benzene rings is 2. The Bertz CT molecular complexity index is 1050. The minimum absolute atomic E-state index is 0.123. The topological polar surface area (TPSA) is 43.9 Å². The number of hydrogen-bond acceptors (Lipinski definition) is 3. The van der Waals surface area contributed by atoms with Crippen molar-refractivity contribution in [3.8, 4) is 0 Å². The highest BCUT2D eigenvalue weighted by molar-refractivity contribution is 7.86. The molecule has 32 heavy (non-hydrogen) atoms. The zero-order valence-corrected chi connectivity index (χ0v) is 18.9. The van der Waals surface area contributed by atoms with Gasteiger partial charge >= 0.3 is 6.18 Å². The largest absolute Gasteiger partial charge is 0.416 e. The molecular formula is C23H28F3N3O2S. The van der Waals surface area contributed by atoms with Gasteiger partial charge in [-0.1, -0.05) is 42.5 Å². The second-order valence-corrected chi connectivity index (χ2v) is 10.5.